The van der Waals surface area contributed by atoms with Crippen molar-refractivity contribution in [2.75, 3.05) is 18.4 Å². The summed E-state index contributed by atoms with van der Waals surface area (Å²) >= 11 is 0. The molecule has 1 aliphatic rings. The molecule has 0 fully saturated rings. The summed E-state index contributed by atoms with van der Waals surface area (Å²) in [6, 6.07) is 8.09. The Labute approximate surface area is 144 Å². The summed E-state index contributed by atoms with van der Waals surface area (Å²) < 4.78 is 5.02. The lowest BCUT2D eigenvalue weighted by atomic mass is 9.81. The number of esters is 1. The number of benzene rings is 1. The lowest BCUT2D eigenvalue weighted by Gasteiger charge is -2.29. The summed E-state index contributed by atoms with van der Waals surface area (Å²) in [6.45, 7) is 2.90. The fraction of sp³-hybridized carbons (Fsp3) is 0.294. The third-order valence-electron chi connectivity index (χ3n) is 3.85. The molecule has 3 N–H and O–H groups in total. The number of aliphatic hydroxyl groups is 1. The van der Waals surface area contributed by atoms with E-state index in [9.17, 15) is 15.3 Å². The van der Waals surface area contributed by atoms with Crippen LogP contribution in [0.2, 0.25) is 0 Å². The van der Waals surface area contributed by atoms with Gasteiger partial charge in [0.05, 0.1) is 35.4 Å². The van der Waals surface area contributed by atoms with Gasteiger partial charge in [-0.1, -0.05) is 12.1 Å². The molecule has 1 aromatic carbocycles. The van der Waals surface area contributed by atoms with Gasteiger partial charge in [0, 0.05) is 11.4 Å². The Morgan fingerprint density at radius 3 is 2.76 bits per heavy atom. The van der Waals surface area contributed by atoms with Crippen LogP contribution in [-0.2, 0) is 9.53 Å². The average Bonchev–Trinajstić information content (AvgIpc) is 2.59. The Morgan fingerprint density at radius 1 is 1.44 bits per heavy atom. The smallest absolute Gasteiger partial charge is 0.336 e. The fourth-order valence-electron chi connectivity index (χ4n) is 2.79. The van der Waals surface area contributed by atoms with E-state index in [0.29, 0.717) is 22.5 Å². The van der Waals surface area contributed by atoms with E-state index in [0.717, 1.165) is 0 Å². The molecule has 1 atom stereocenters. The highest BCUT2D eigenvalue weighted by molar-refractivity contribution is 5.93. The van der Waals surface area contributed by atoms with Gasteiger partial charge in [-0.25, -0.2) is 4.79 Å². The Kier molecular flexibility index (Phi) is 5.77. The van der Waals surface area contributed by atoms with Crippen LogP contribution in [0.4, 0.5) is 5.69 Å². The molecule has 0 saturated carbocycles. The van der Waals surface area contributed by atoms with E-state index in [2.05, 4.69) is 11.4 Å². The molecule has 1 aliphatic heterocycles. The summed E-state index contributed by atoms with van der Waals surface area (Å²) in [5, 5.41) is 41.4. The van der Waals surface area contributed by atoms with E-state index >= 15 is 0 Å². The molecule has 8 nitrogen and oxygen atoms in total. The van der Waals surface area contributed by atoms with E-state index < -0.39 is 11.9 Å². The number of dihydropyridines is 1. The highest BCUT2D eigenvalue weighted by atomic mass is 16.8. The number of allylic oxidation sites excluding steroid dienone is 3. The number of nitrogens with zero attached hydrogens (tertiary/aromatic N) is 2. The first kappa shape index (κ1) is 18.5. The van der Waals surface area contributed by atoms with Crippen molar-refractivity contribution in [2.24, 2.45) is 0 Å². The summed E-state index contributed by atoms with van der Waals surface area (Å²) in [5.41, 5.74) is 2.07. The first-order valence-corrected chi connectivity index (χ1v) is 7.53. The number of aliphatic hydroxyl groups excluding tert-OH is 1. The lowest BCUT2D eigenvalue weighted by Crippen LogP contribution is -2.29. The van der Waals surface area contributed by atoms with Crippen LogP contribution in [-0.4, -0.2) is 29.5 Å². The van der Waals surface area contributed by atoms with Crippen molar-refractivity contribution < 1.29 is 19.8 Å². The number of hydrogen-bond donors (Lipinski definition) is 3. The quantitative estimate of drug-likeness (QED) is 0.543. The highest BCUT2D eigenvalue weighted by Gasteiger charge is 2.34. The second-order valence-electron chi connectivity index (χ2n) is 5.47. The van der Waals surface area contributed by atoms with Crippen molar-refractivity contribution in [1.82, 2.24) is 5.32 Å². The minimum atomic E-state index is -0.752. The van der Waals surface area contributed by atoms with E-state index in [1.165, 1.54) is 12.1 Å². The third kappa shape index (κ3) is 3.80. The number of rotatable bonds is 5. The Balaban J connectivity index is 2.57. The predicted molar refractivity (Wildman–Crippen MR) is 89.0 cm³/mol. The van der Waals surface area contributed by atoms with Crippen LogP contribution in [0, 0.1) is 16.5 Å². The first-order chi connectivity index (χ1) is 11.9. The van der Waals surface area contributed by atoms with Gasteiger partial charge in [0.1, 0.15) is 6.61 Å². The summed E-state index contributed by atoms with van der Waals surface area (Å²) in [7, 11) is 0. The van der Waals surface area contributed by atoms with Crippen LogP contribution in [0.15, 0.2) is 46.8 Å². The topological polar surface area (TPSA) is 129 Å². The molecule has 0 aromatic heterocycles. The van der Waals surface area contributed by atoms with Crippen LogP contribution in [0.5, 0.6) is 0 Å². The second kappa shape index (κ2) is 7.81. The van der Waals surface area contributed by atoms with E-state index in [1.54, 1.807) is 26.0 Å². The molecular weight excluding hydrogens is 326 g/mol. The zero-order chi connectivity index (χ0) is 18.6. The van der Waals surface area contributed by atoms with Gasteiger partial charge in [-0.2, -0.15) is 5.26 Å². The Morgan fingerprint density at radius 2 is 2.16 bits per heavy atom. The lowest BCUT2D eigenvalue weighted by molar-refractivity contribution is -0.140. The first-order valence-electron chi connectivity index (χ1n) is 7.53. The normalized spacial score (nSPS) is 17.0. The highest BCUT2D eigenvalue weighted by Crippen LogP contribution is 2.39. The SMILES string of the molecule is CC1=C(C#N)[C@H](c2cccc(N([O-])O)c2)C(C(=O)OCCO)=C(C)N1. The van der Waals surface area contributed by atoms with Crippen molar-refractivity contribution in [2.45, 2.75) is 19.8 Å². The molecule has 1 aromatic rings. The van der Waals surface area contributed by atoms with Gasteiger partial charge < -0.3 is 25.6 Å². The molecule has 0 spiro atoms. The minimum Gasteiger partial charge on any atom is -0.733 e. The number of carbonyl (C=O) groups excluding carboxylic acids is 1. The van der Waals surface area contributed by atoms with E-state index in [-0.39, 0.29) is 29.7 Å². The number of anilines is 1. The van der Waals surface area contributed by atoms with Gasteiger partial charge in [-0.15, -0.1) is 0 Å². The van der Waals surface area contributed by atoms with Crippen molar-refractivity contribution in [1.29, 1.82) is 5.26 Å². The molecule has 132 valence electrons. The molecule has 1 heterocycles. The van der Waals surface area contributed by atoms with Crippen molar-refractivity contribution in [3.63, 3.8) is 0 Å². The zero-order valence-electron chi connectivity index (χ0n) is 13.8. The van der Waals surface area contributed by atoms with Gasteiger partial charge in [0.2, 0.25) is 0 Å². The van der Waals surface area contributed by atoms with E-state index in [1.807, 2.05) is 0 Å². The maximum Gasteiger partial charge on any atom is 0.336 e. The van der Waals surface area contributed by atoms with Crippen LogP contribution >= 0.6 is 0 Å². The van der Waals surface area contributed by atoms with Gasteiger partial charge in [0.25, 0.3) is 0 Å². The minimum absolute atomic E-state index is 0.0216. The van der Waals surface area contributed by atoms with E-state index in [4.69, 9.17) is 15.1 Å². The predicted octanol–water partition coefficient (Wildman–Crippen LogP) is 1.67. The summed E-state index contributed by atoms with van der Waals surface area (Å²) in [5.74, 6) is -1.42. The van der Waals surface area contributed by atoms with Crippen LogP contribution in [0.25, 0.3) is 0 Å². The number of nitriles is 1. The van der Waals surface area contributed by atoms with Crippen molar-refractivity contribution in [3.8, 4) is 6.07 Å². The number of carbonyl (C=O) groups is 1. The second-order valence-corrected chi connectivity index (χ2v) is 5.47. The number of nitrogens with one attached hydrogen (secondary N) is 1. The van der Waals surface area contributed by atoms with Crippen molar-refractivity contribution >= 4 is 11.7 Å². The van der Waals surface area contributed by atoms with Gasteiger partial charge in [-0.05, 0) is 31.5 Å². The standard InChI is InChI=1S/C17H18N3O5/c1-10-14(9-18)16(12-4-3-5-13(8-12)20(23)24)15(11(2)19-10)17(22)25-7-6-21/h3-5,8,16,19,21,23H,6-7H2,1-2H3/q-1/t16-/m0/s1. The molecule has 0 unspecified atom stereocenters. The molecule has 0 amide bonds. The largest absolute Gasteiger partial charge is 0.733 e. The van der Waals surface area contributed by atoms with Crippen LogP contribution in [0.3, 0.4) is 0 Å². The maximum atomic E-state index is 12.5. The molecule has 0 bridgehead atoms. The number of ether oxygens (including phenoxy) is 1. The van der Waals surface area contributed by atoms with Gasteiger partial charge in [0.15, 0.2) is 0 Å². The zero-order valence-corrected chi connectivity index (χ0v) is 13.8. The molecular formula is C17H18N3O5-. The van der Waals surface area contributed by atoms with Crippen LogP contribution < -0.4 is 10.5 Å². The molecule has 8 heteroatoms. The molecule has 0 radical (unpaired) electrons. The maximum absolute atomic E-state index is 12.5. The fourth-order valence-corrected chi connectivity index (χ4v) is 2.79. The van der Waals surface area contributed by atoms with Gasteiger partial charge >= 0.3 is 5.97 Å². The summed E-state index contributed by atoms with van der Waals surface area (Å²) in [6.07, 6.45) is 0. The van der Waals surface area contributed by atoms with Crippen molar-refractivity contribution in [3.05, 3.63) is 57.6 Å². The molecule has 25 heavy (non-hydrogen) atoms. The third-order valence-corrected chi connectivity index (χ3v) is 3.85. The monoisotopic (exact) mass is 344 g/mol. The number of hydrogen-bond acceptors (Lipinski definition) is 8. The molecule has 0 aliphatic carbocycles. The van der Waals surface area contributed by atoms with Crippen LogP contribution in [0.1, 0.15) is 25.3 Å². The molecule has 2 rings (SSSR count). The van der Waals surface area contributed by atoms with Gasteiger partial charge in [-0.3, -0.25) is 5.21 Å². The molecule has 0 saturated heterocycles. The average molecular weight is 344 g/mol. The Hall–Kier alpha value is -2.86. The Bertz CT molecular complexity index is 777. The summed E-state index contributed by atoms with van der Waals surface area (Å²) in [4.78, 5) is 12.5.